The van der Waals surface area contributed by atoms with Crippen LogP contribution in [0.25, 0.3) is 0 Å². The molecule has 7 heteroatoms. The number of hydrogen-bond donors (Lipinski definition) is 2. The number of aryl methyl sites for hydroxylation is 1. The van der Waals surface area contributed by atoms with Gasteiger partial charge in [-0.3, -0.25) is 4.79 Å². The Morgan fingerprint density at radius 3 is 2.48 bits per heavy atom. The van der Waals surface area contributed by atoms with Crippen LogP contribution in [-0.2, 0) is 9.53 Å². The molecule has 0 unspecified atom stereocenters. The van der Waals surface area contributed by atoms with Gasteiger partial charge in [-0.15, -0.1) is 0 Å². The second-order valence-corrected chi connectivity index (χ2v) is 6.23. The predicted octanol–water partition coefficient (Wildman–Crippen LogP) is 4.34. The number of benzene rings is 2. The maximum absolute atomic E-state index is 12.5. The maximum atomic E-state index is 12.5. The van der Waals surface area contributed by atoms with Gasteiger partial charge in [-0.1, -0.05) is 41.4 Å². The van der Waals surface area contributed by atoms with E-state index in [1.165, 1.54) is 7.11 Å². The van der Waals surface area contributed by atoms with Crippen molar-refractivity contribution in [1.82, 2.24) is 5.32 Å². The summed E-state index contributed by atoms with van der Waals surface area (Å²) in [6.07, 6.45) is 0. The van der Waals surface area contributed by atoms with E-state index in [-0.39, 0.29) is 0 Å². The second-order valence-electron chi connectivity index (χ2n) is 5.44. The first-order valence-electron chi connectivity index (χ1n) is 7.54. The summed E-state index contributed by atoms with van der Waals surface area (Å²) in [4.78, 5) is 24.0. The van der Waals surface area contributed by atoms with Gasteiger partial charge in [0.15, 0.2) is 0 Å². The van der Waals surface area contributed by atoms with E-state index in [1.54, 1.807) is 37.3 Å². The monoisotopic (exact) mass is 380 g/mol. The molecule has 1 amide bonds. The van der Waals surface area contributed by atoms with E-state index in [1.807, 2.05) is 13.0 Å². The van der Waals surface area contributed by atoms with E-state index in [0.29, 0.717) is 27.0 Å². The van der Waals surface area contributed by atoms with E-state index in [4.69, 9.17) is 23.2 Å². The molecule has 0 bridgehead atoms. The van der Waals surface area contributed by atoms with Crippen LogP contribution in [0.5, 0.6) is 0 Å². The molecule has 0 saturated carbocycles. The van der Waals surface area contributed by atoms with Crippen molar-refractivity contribution in [3.8, 4) is 0 Å². The van der Waals surface area contributed by atoms with Crippen LogP contribution in [0, 0.1) is 6.92 Å². The third-order valence-corrected chi connectivity index (χ3v) is 4.42. The minimum absolute atomic E-state index is 0.354. The van der Waals surface area contributed by atoms with Crippen LogP contribution < -0.4 is 10.6 Å². The number of nitrogens with one attached hydrogen (secondary N) is 2. The van der Waals surface area contributed by atoms with Crippen molar-refractivity contribution in [2.24, 2.45) is 0 Å². The zero-order chi connectivity index (χ0) is 18.6. The highest BCUT2D eigenvalue weighted by atomic mass is 35.5. The zero-order valence-corrected chi connectivity index (χ0v) is 15.5. The Bertz CT molecular complexity index is 809. The fraction of sp³-hybridized carbons (Fsp3) is 0.222. The number of esters is 1. The number of anilines is 2. The lowest BCUT2D eigenvalue weighted by atomic mass is 10.1. The fourth-order valence-corrected chi connectivity index (χ4v) is 2.67. The van der Waals surface area contributed by atoms with Crippen molar-refractivity contribution in [1.29, 1.82) is 0 Å². The van der Waals surface area contributed by atoms with Crippen LogP contribution in [0.4, 0.5) is 11.4 Å². The van der Waals surface area contributed by atoms with Gasteiger partial charge in [0.05, 0.1) is 34.1 Å². The molecule has 0 aliphatic rings. The predicted molar refractivity (Wildman–Crippen MR) is 99.9 cm³/mol. The molecule has 5 nitrogen and oxygen atoms in total. The highest BCUT2D eigenvalue weighted by molar-refractivity contribution is 6.39. The topological polar surface area (TPSA) is 67.4 Å². The van der Waals surface area contributed by atoms with Crippen molar-refractivity contribution in [2.45, 2.75) is 19.9 Å². The number of carbonyl (C=O) groups is 2. The first-order chi connectivity index (χ1) is 11.8. The summed E-state index contributed by atoms with van der Waals surface area (Å²) in [7, 11) is 1.27. The van der Waals surface area contributed by atoms with Gasteiger partial charge in [-0.25, -0.2) is 4.79 Å². The Kier molecular flexibility index (Phi) is 6.28. The second kappa shape index (κ2) is 8.23. The number of amides is 1. The zero-order valence-electron chi connectivity index (χ0n) is 14.0. The van der Waals surface area contributed by atoms with Crippen LogP contribution in [0.1, 0.15) is 22.8 Å². The Labute approximate surface area is 156 Å². The molecule has 0 spiro atoms. The molecule has 2 aromatic carbocycles. The van der Waals surface area contributed by atoms with Gasteiger partial charge >= 0.3 is 5.97 Å². The minimum Gasteiger partial charge on any atom is -0.467 e. The molecule has 0 heterocycles. The molecular weight excluding hydrogens is 363 g/mol. The lowest BCUT2D eigenvalue weighted by Crippen LogP contribution is -2.39. The van der Waals surface area contributed by atoms with Gasteiger partial charge in [0.1, 0.15) is 6.04 Å². The number of hydrogen-bond acceptors (Lipinski definition) is 4. The number of carbonyl (C=O) groups excluding carboxylic acids is 2. The standard InChI is InChI=1S/C18H18Cl2N2O3/c1-10-8-9-13(19)16(15(10)20)22-14-7-5-4-6-12(14)17(23)21-11(2)18(24)25-3/h4-9,11,22H,1-3H3,(H,21,23)/t11-/m0/s1. The molecule has 2 aromatic rings. The quantitative estimate of drug-likeness (QED) is 0.757. The maximum Gasteiger partial charge on any atom is 0.328 e. The molecule has 132 valence electrons. The van der Waals surface area contributed by atoms with Gasteiger partial charge < -0.3 is 15.4 Å². The van der Waals surface area contributed by atoms with Gasteiger partial charge in [0.2, 0.25) is 0 Å². The molecule has 0 aliphatic carbocycles. The average molecular weight is 381 g/mol. The van der Waals surface area contributed by atoms with Crippen LogP contribution in [0.2, 0.25) is 10.0 Å². The van der Waals surface area contributed by atoms with Crippen molar-refractivity contribution in [3.05, 3.63) is 57.6 Å². The highest BCUT2D eigenvalue weighted by Crippen LogP contribution is 2.35. The summed E-state index contributed by atoms with van der Waals surface area (Å²) in [5.74, 6) is -0.940. The summed E-state index contributed by atoms with van der Waals surface area (Å²) >= 11 is 12.5. The van der Waals surface area contributed by atoms with E-state index < -0.39 is 17.9 Å². The van der Waals surface area contributed by atoms with Crippen LogP contribution in [-0.4, -0.2) is 25.0 Å². The highest BCUT2D eigenvalue weighted by Gasteiger charge is 2.19. The SMILES string of the molecule is COC(=O)[C@H](C)NC(=O)c1ccccc1Nc1c(Cl)ccc(C)c1Cl. The van der Waals surface area contributed by atoms with Crippen molar-refractivity contribution < 1.29 is 14.3 Å². The van der Waals surface area contributed by atoms with Gasteiger partial charge in [-0.2, -0.15) is 0 Å². The molecular formula is C18H18Cl2N2O3. The summed E-state index contributed by atoms with van der Waals surface area (Å²) in [6, 6.07) is 9.64. The van der Waals surface area contributed by atoms with Crippen LogP contribution in [0.3, 0.4) is 0 Å². The summed E-state index contributed by atoms with van der Waals surface area (Å²) < 4.78 is 4.62. The minimum atomic E-state index is -0.767. The van der Waals surface area contributed by atoms with Crippen molar-refractivity contribution in [3.63, 3.8) is 0 Å². The third kappa shape index (κ3) is 4.44. The number of ether oxygens (including phenoxy) is 1. The van der Waals surface area contributed by atoms with E-state index in [9.17, 15) is 9.59 Å². The van der Waals surface area contributed by atoms with Crippen molar-refractivity contribution in [2.75, 3.05) is 12.4 Å². The molecule has 0 aromatic heterocycles. The van der Waals surface area contributed by atoms with Crippen molar-refractivity contribution >= 4 is 46.5 Å². The molecule has 0 saturated heterocycles. The lowest BCUT2D eigenvalue weighted by Gasteiger charge is -2.17. The normalized spacial score (nSPS) is 11.6. The molecule has 0 radical (unpaired) electrons. The average Bonchev–Trinajstić information content (AvgIpc) is 2.61. The molecule has 2 rings (SSSR count). The Balaban J connectivity index is 2.32. The summed E-state index contributed by atoms with van der Waals surface area (Å²) in [5.41, 5.74) is 2.25. The van der Waals surface area contributed by atoms with E-state index >= 15 is 0 Å². The Morgan fingerprint density at radius 1 is 1.12 bits per heavy atom. The largest absolute Gasteiger partial charge is 0.467 e. The first-order valence-corrected chi connectivity index (χ1v) is 8.30. The molecule has 25 heavy (non-hydrogen) atoms. The van der Waals surface area contributed by atoms with Crippen LogP contribution in [0.15, 0.2) is 36.4 Å². The lowest BCUT2D eigenvalue weighted by molar-refractivity contribution is -0.142. The molecule has 1 atom stereocenters. The third-order valence-electron chi connectivity index (χ3n) is 3.62. The van der Waals surface area contributed by atoms with Gasteiger partial charge in [0, 0.05) is 0 Å². The molecule has 0 fully saturated rings. The number of rotatable bonds is 5. The van der Waals surface area contributed by atoms with Gasteiger partial charge in [0.25, 0.3) is 5.91 Å². The van der Waals surface area contributed by atoms with Gasteiger partial charge in [-0.05, 0) is 37.6 Å². The summed E-state index contributed by atoms with van der Waals surface area (Å²) in [6.45, 7) is 3.41. The molecule has 0 aliphatic heterocycles. The van der Waals surface area contributed by atoms with E-state index in [2.05, 4.69) is 15.4 Å². The smallest absolute Gasteiger partial charge is 0.328 e. The Morgan fingerprint density at radius 2 is 1.80 bits per heavy atom. The fourth-order valence-electron chi connectivity index (χ4n) is 2.21. The number of halogens is 2. The van der Waals surface area contributed by atoms with Crippen LogP contribution >= 0.6 is 23.2 Å². The number of para-hydroxylation sites is 1. The number of methoxy groups -OCH3 is 1. The Hall–Kier alpha value is -2.24. The van der Waals surface area contributed by atoms with E-state index in [0.717, 1.165) is 5.56 Å². The summed E-state index contributed by atoms with van der Waals surface area (Å²) in [5, 5.41) is 6.62. The first kappa shape index (κ1) is 19.1. The molecule has 2 N–H and O–H groups in total.